The summed E-state index contributed by atoms with van der Waals surface area (Å²) < 4.78 is 9.59. The van der Waals surface area contributed by atoms with E-state index in [9.17, 15) is 19.7 Å². The number of hydrogen-bond acceptors (Lipinski definition) is 6. The van der Waals surface area contributed by atoms with Crippen LogP contribution in [-0.4, -0.2) is 22.9 Å². The number of carbonyl (C=O) groups excluding carboxylic acids is 2. The lowest BCUT2D eigenvalue weighted by Crippen LogP contribution is -2.29. The Kier molecular flexibility index (Phi) is 4.97. The summed E-state index contributed by atoms with van der Waals surface area (Å²) in [5.74, 6) is -2.49. The molecule has 9 heteroatoms. The van der Waals surface area contributed by atoms with Gasteiger partial charge in [0.15, 0.2) is 6.10 Å². The van der Waals surface area contributed by atoms with Crippen molar-refractivity contribution in [2.24, 2.45) is 0 Å². The van der Waals surface area contributed by atoms with E-state index in [4.69, 9.17) is 20.8 Å². The molecule has 1 amide bonds. The summed E-state index contributed by atoms with van der Waals surface area (Å²) in [4.78, 5) is 33.4. The van der Waals surface area contributed by atoms with E-state index < -0.39 is 28.8 Å². The number of nitro groups is 1. The second-order valence-electron chi connectivity index (χ2n) is 4.44. The Balaban J connectivity index is 1.95. The minimum absolute atomic E-state index is 0.358. The monoisotopic (exact) mass is 338 g/mol. The summed E-state index contributed by atoms with van der Waals surface area (Å²) in [6.07, 6.45) is -1.12. The molecule has 1 heterocycles. The molecule has 1 N–H and O–H groups in total. The molecule has 0 aliphatic heterocycles. The Morgan fingerprint density at radius 1 is 1.26 bits per heavy atom. The van der Waals surface area contributed by atoms with Gasteiger partial charge in [-0.3, -0.25) is 14.9 Å². The van der Waals surface area contributed by atoms with Gasteiger partial charge in [-0.05, 0) is 37.3 Å². The van der Waals surface area contributed by atoms with Crippen LogP contribution in [0.5, 0.6) is 0 Å². The molecule has 2 rings (SSSR count). The van der Waals surface area contributed by atoms with Gasteiger partial charge in [-0.25, -0.2) is 4.79 Å². The second kappa shape index (κ2) is 6.93. The molecule has 120 valence electrons. The van der Waals surface area contributed by atoms with Gasteiger partial charge in [0.2, 0.25) is 5.76 Å². The molecule has 0 aliphatic rings. The van der Waals surface area contributed by atoms with E-state index in [-0.39, 0.29) is 5.76 Å². The molecule has 0 unspecified atom stereocenters. The van der Waals surface area contributed by atoms with Crippen molar-refractivity contribution in [3.05, 3.63) is 57.3 Å². The van der Waals surface area contributed by atoms with Gasteiger partial charge in [-0.15, -0.1) is 0 Å². The van der Waals surface area contributed by atoms with Crippen molar-refractivity contribution in [3.8, 4) is 0 Å². The van der Waals surface area contributed by atoms with E-state index in [1.807, 2.05) is 0 Å². The molecule has 0 saturated heterocycles. The Bertz CT molecular complexity index is 740. The summed E-state index contributed by atoms with van der Waals surface area (Å²) >= 11 is 5.73. The van der Waals surface area contributed by atoms with E-state index in [0.29, 0.717) is 10.7 Å². The molecule has 0 fully saturated rings. The molecule has 0 spiro atoms. The fourth-order valence-electron chi connectivity index (χ4n) is 1.58. The number of anilines is 1. The average molecular weight is 339 g/mol. The van der Waals surface area contributed by atoms with Crippen LogP contribution in [0.3, 0.4) is 0 Å². The van der Waals surface area contributed by atoms with E-state index in [1.165, 1.54) is 6.92 Å². The lowest BCUT2D eigenvalue weighted by atomic mass is 10.3. The number of hydrogen-bond donors (Lipinski definition) is 1. The first-order valence-corrected chi connectivity index (χ1v) is 6.76. The lowest BCUT2D eigenvalue weighted by Gasteiger charge is -2.12. The normalized spacial score (nSPS) is 11.6. The number of carbonyl (C=O) groups is 2. The molecular formula is C14H11ClN2O6. The van der Waals surface area contributed by atoms with Crippen molar-refractivity contribution in [1.29, 1.82) is 0 Å². The van der Waals surface area contributed by atoms with Gasteiger partial charge in [0.25, 0.3) is 5.91 Å². The van der Waals surface area contributed by atoms with Gasteiger partial charge in [-0.2, -0.15) is 0 Å². The van der Waals surface area contributed by atoms with Crippen LogP contribution in [-0.2, 0) is 9.53 Å². The van der Waals surface area contributed by atoms with Gasteiger partial charge in [-0.1, -0.05) is 11.6 Å². The molecule has 0 saturated carbocycles. The van der Waals surface area contributed by atoms with Crippen LogP contribution in [0.25, 0.3) is 0 Å². The van der Waals surface area contributed by atoms with E-state index in [0.717, 1.165) is 12.1 Å². The number of halogens is 1. The number of amides is 1. The van der Waals surface area contributed by atoms with Gasteiger partial charge < -0.3 is 14.5 Å². The first-order chi connectivity index (χ1) is 10.9. The molecule has 0 radical (unpaired) electrons. The number of nitrogens with zero attached hydrogens (tertiary/aromatic N) is 1. The third-order valence-corrected chi connectivity index (χ3v) is 2.99. The zero-order valence-corrected chi connectivity index (χ0v) is 12.6. The van der Waals surface area contributed by atoms with Crippen LogP contribution in [0.4, 0.5) is 11.6 Å². The number of furan rings is 1. The quantitative estimate of drug-likeness (QED) is 0.509. The van der Waals surface area contributed by atoms with Crippen LogP contribution < -0.4 is 5.32 Å². The Labute approximate surface area is 135 Å². The van der Waals surface area contributed by atoms with Crippen LogP contribution in [0.15, 0.2) is 40.8 Å². The summed E-state index contributed by atoms with van der Waals surface area (Å²) in [6, 6.07) is 8.49. The van der Waals surface area contributed by atoms with Crippen molar-refractivity contribution >= 4 is 35.0 Å². The van der Waals surface area contributed by atoms with Crippen molar-refractivity contribution in [2.45, 2.75) is 13.0 Å². The largest absolute Gasteiger partial charge is 0.447 e. The Morgan fingerprint density at radius 3 is 2.48 bits per heavy atom. The predicted octanol–water partition coefficient (Wildman–Crippen LogP) is 3.03. The van der Waals surface area contributed by atoms with Crippen LogP contribution >= 0.6 is 11.6 Å². The first kappa shape index (κ1) is 16.5. The van der Waals surface area contributed by atoms with Gasteiger partial charge in [0.05, 0.1) is 6.07 Å². The molecule has 2 aromatic rings. The van der Waals surface area contributed by atoms with Crippen LogP contribution in [0, 0.1) is 10.1 Å². The zero-order chi connectivity index (χ0) is 17.0. The highest BCUT2D eigenvalue weighted by Gasteiger charge is 2.23. The van der Waals surface area contributed by atoms with Crippen LogP contribution in [0.1, 0.15) is 17.5 Å². The zero-order valence-electron chi connectivity index (χ0n) is 11.8. The topological polar surface area (TPSA) is 112 Å². The SMILES string of the molecule is C[C@@H](OC(=O)c1ccc([N+](=O)[O-])o1)C(=O)Nc1ccc(Cl)cc1. The van der Waals surface area contributed by atoms with Crippen molar-refractivity contribution in [1.82, 2.24) is 0 Å². The highest BCUT2D eigenvalue weighted by Crippen LogP contribution is 2.17. The number of rotatable bonds is 5. The van der Waals surface area contributed by atoms with Gasteiger partial charge in [0, 0.05) is 10.7 Å². The second-order valence-corrected chi connectivity index (χ2v) is 4.88. The van der Waals surface area contributed by atoms with E-state index in [2.05, 4.69) is 5.32 Å². The molecule has 0 bridgehead atoms. The van der Waals surface area contributed by atoms with Crippen LogP contribution in [0.2, 0.25) is 5.02 Å². The molecular weight excluding hydrogens is 328 g/mol. The number of nitrogens with one attached hydrogen (secondary N) is 1. The smallest absolute Gasteiger partial charge is 0.433 e. The first-order valence-electron chi connectivity index (χ1n) is 6.38. The highest BCUT2D eigenvalue weighted by atomic mass is 35.5. The summed E-state index contributed by atoms with van der Waals surface area (Å²) in [5.41, 5.74) is 0.482. The molecule has 1 aromatic heterocycles. The predicted molar refractivity (Wildman–Crippen MR) is 80.3 cm³/mol. The molecule has 1 aromatic carbocycles. The summed E-state index contributed by atoms with van der Waals surface area (Å²) in [5, 5.41) is 13.5. The third-order valence-electron chi connectivity index (χ3n) is 2.74. The minimum Gasteiger partial charge on any atom is -0.447 e. The number of esters is 1. The highest BCUT2D eigenvalue weighted by molar-refractivity contribution is 6.30. The van der Waals surface area contributed by atoms with Crippen molar-refractivity contribution in [3.63, 3.8) is 0 Å². The third kappa shape index (κ3) is 4.30. The fraction of sp³-hybridized carbons (Fsp3) is 0.143. The lowest BCUT2D eigenvalue weighted by molar-refractivity contribution is -0.402. The molecule has 8 nitrogen and oxygen atoms in total. The van der Waals surface area contributed by atoms with Gasteiger partial charge >= 0.3 is 11.9 Å². The maximum Gasteiger partial charge on any atom is 0.433 e. The molecule has 0 aliphatic carbocycles. The minimum atomic E-state index is -1.12. The summed E-state index contributed by atoms with van der Waals surface area (Å²) in [7, 11) is 0. The fourth-order valence-corrected chi connectivity index (χ4v) is 1.71. The van der Waals surface area contributed by atoms with E-state index >= 15 is 0 Å². The van der Waals surface area contributed by atoms with Crippen molar-refractivity contribution in [2.75, 3.05) is 5.32 Å². The average Bonchev–Trinajstić information content (AvgIpc) is 2.99. The number of ether oxygens (including phenoxy) is 1. The molecule has 1 atom stereocenters. The van der Waals surface area contributed by atoms with Crippen molar-refractivity contribution < 1.29 is 23.7 Å². The van der Waals surface area contributed by atoms with Gasteiger partial charge in [0.1, 0.15) is 4.92 Å². The number of benzene rings is 1. The maximum absolute atomic E-state index is 11.9. The Hall–Kier alpha value is -2.87. The van der Waals surface area contributed by atoms with E-state index in [1.54, 1.807) is 24.3 Å². The Morgan fingerprint density at radius 2 is 1.91 bits per heavy atom. The standard InChI is InChI=1S/C14H11ClN2O6/c1-8(13(18)16-10-4-2-9(15)3-5-10)22-14(19)11-6-7-12(23-11)17(20)21/h2-8H,1H3,(H,16,18)/t8-/m1/s1. The summed E-state index contributed by atoms with van der Waals surface area (Å²) in [6.45, 7) is 1.36. The maximum atomic E-state index is 11.9. The molecule has 23 heavy (non-hydrogen) atoms.